The van der Waals surface area contributed by atoms with E-state index < -0.39 is 17.9 Å². The molecule has 4 fully saturated rings. The number of fused-ring (bicyclic) bond motifs is 5. The van der Waals surface area contributed by atoms with Crippen molar-refractivity contribution >= 4 is 11.9 Å². The maximum Gasteiger partial charge on any atom is 0.320 e. The molecule has 4 aliphatic rings. The SMILES string of the molecule is CC.CCOC(=O)C(CCC1CCC2C3CCC4C[C@H](O)CCC4(C)C3CCC12C)C(=O)OCC. The van der Waals surface area contributed by atoms with E-state index in [-0.39, 0.29) is 19.3 Å². The van der Waals surface area contributed by atoms with Gasteiger partial charge in [-0.2, -0.15) is 0 Å². The van der Waals surface area contributed by atoms with Crippen LogP contribution in [0.2, 0.25) is 0 Å². The zero-order chi connectivity index (χ0) is 25.8. The Balaban J connectivity index is 0.00000167. The first-order chi connectivity index (χ1) is 16.7. The third kappa shape index (κ3) is 5.45. The fraction of sp³-hybridized carbons (Fsp3) is 0.933. The Kier molecular flexibility index (Phi) is 9.73. The zero-order valence-electron chi connectivity index (χ0n) is 23.3. The Hall–Kier alpha value is -1.10. The van der Waals surface area contributed by atoms with Crippen molar-refractivity contribution in [1.29, 1.82) is 0 Å². The summed E-state index contributed by atoms with van der Waals surface area (Å²) in [5.41, 5.74) is 0.715. The van der Waals surface area contributed by atoms with E-state index in [0.717, 1.165) is 37.0 Å². The predicted molar refractivity (Wildman–Crippen MR) is 139 cm³/mol. The summed E-state index contributed by atoms with van der Waals surface area (Å²) in [5, 5.41) is 10.3. The van der Waals surface area contributed by atoms with E-state index in [1.807, 2.05) is 13.8 Å². The summed E-state index contributed by atoms with van der Waals surface area (Å²) in [4.78, 5) is 24.9. The molecule has 35 heavy (non-hydrogen) atoms. The van der Waals surface area contributed by atoms with Gasteiger partial charge in [-0.05, 0) is 125 Å². The van der Waals surface area contributed by atoms with Gasteiger partial charge in [0, 0.05) is 0 Å². The Morgan fingerprint density at radius 2 is 1.46 bits per heavy atom. The minimum Gasteiger partial charge on any atom is -0.465 e. The molecule has 4 aliphatic carbocycles. The van der Waals surface area contributed by atoms with Gasteiger partial charge in [-0.3, -0.25) is 9.59 Å². The van der Waals surface area contributed by atoms with E-state index in [9.17, 15) is 14.7 Å². The van der Waals surface area contributed by atoms with Crippen molar-refractivity contribution < 1.29 is 24.2 Å². The van der Waals surface area contributed by atoms with Gasteiger partial charge >= 0.3 is 11.9 Å². The second-order valence-electron chi connectivity index (χ2n) is 12.0. The van der Waals surface area contributed by atoms with Crippen LogP contribution in [0.25, 0.3) is 0 Å². The molecule has 0 spiro atoms. The molecule has 7 unspecified atom stereocenters. The van der Waals surface area contributed by atoms with Crippen LogP contribution in [-0.2, 0) is 19.1 Å². The van der Waals surface area contributed by atoms with E-state index in [4.69, 9.17) is 9.47 Å². The minimum absolute atomic E-state index is 0.0870. The summed E-state index contributed by atoms with van der Waals surface area (Å²) in [6.45, 7) is 13.2. The molecule has 0 aromatic rings. The van der Waals surface area contributed by atoms with E-state index >= 15 is 0 Å². The summed E-state index contributed by atoms with van der Waals surface area (Å²) in [5.74, 6) is 1.98. The van der Waals surface area contributed by atoms with Gasteiger partial charge in [-0.1, -0.05) is 27.7 Å². The Morgan fingerprint density at radius 3 is 2.09 bits per heavy atom. The van der Waals surface area contributed by atoms with Crippen LogP contribution in [0.4, 0.5) is 0 Å². The van der Waals surface area contributed by atoms with Crippen LogP contribution < -0.4 is 0 Å². The highest BCUT2D eigenvalue weighted by molar-refractivity contribution is 5.94. The predicted octanol–water partition coefficient (Wildman–Crippen LogP) is 6.56. The number of hydrogen-bond acceptors (Lipinski definition) is 5. The number of carbonyl (C=O) groups excluding carboxylic acids is 2. The third-order valence-electron chi connectivity index (χ3n) is 10.8. The second-order valence-corrected chi connectivity index (χ2v) is 12.0. The normalized spacial score (nSPS) is 40.0. The molecule has 0 bridgehead atoms. The van der Waals surface area contributed by atoms with Crippen LogP contribution in [0.3, 0.4) is 0 Å². The monoisotopic (exact) mass is 492 g/mol. The Labute approximate surface area is 214 Å². The molecular formula is C30H52O5. The molecule has 4 rings (SSSR count). The number of carbonyl (C=O) groups is 2. The standard InChI is InChI=1S/C28H46O5.C2H6/c1-5-32-25(30)22(26(31)33-6-2)11-7-18-9-12-23-21-10-8-19-17-20(29)13-15-28(19,4)24(21)14-16-27(18,23)3;1-2/h18-24,29H,5-17H2,1-4H3;1-2H3/t18?,19?,20-,21?,23?,24?,27?,28?;/m1./s1. The van der Waals surface area contributed by atoms with Gasteiger partial charge in [0.1, 0.15) is 0 Å². The van der Waals surface area contributed by atoms with Crippen LogP contribution in [0.5, 0.6) is 0 Å². The van der Waals surface area contributed by atoms with Gasteiger partial charge < -0.3 is 14.6 Å². The highest BCUT2D eigenvalue weighted by atomic mass is 16.6. The van der Waals surface area contributed by atoms with Gasteiger partial charge in [0.15, 0.2) is 5.92 Å². The second kappa shape index (κ2) is 12.0. The maximum absolute atomic E-state index is 12.5. The fourth-order valence-corrected chi connectivity index (χ4v) is 9.00. The van der Waals surface area contributed by atoms with Crippen LogP contribution in [0.15, 0.2) is 0 Å². The van der Waals surface area contributed by atoms with Crippen molar-refractivity contribution in [3.8, 4) is 0 Å². The molecule has 0 saturated heterocycles. The first kappa shape index (κ1) is 28.5. The van der Waals surface area contributed by atoms with Crippen molar-refractivity contribution in [2.24, 2.45) is 46.3 Å². The number of esters is 2. The van der Waals surface area contributed by atoms with Crippen LogP contribution in [-0.4, -0.2) is 36.4 Å². The lowest BCUT2D eigenvalue weighted by atomic mass is 9.44. The molecule has 1 N–H and O–H groups in total. The van der Waals surface area contributed by atoms with Crippen LogP contribution >= 0.6 is 0 Å². The highest BCUT2D eigenvalue weighted by Gasteiger charge is 2.60. The summed E-state index contributed by atoms with van der Waals surface area (Å²) in [6, 6.07) is 0. The van der Waals surface area contributed by atoms with Gasteiger partial charge in [0.05, 0.1) is 19.3 Å². The number of hydrogen-bond donors (Lipinski definition) is 1. The minimum atomic E-state index is -0.785. The molecule has 0 heterocycles. The van der Waals surface area contributed by atoms with Crippen LogP contribution in [0.1, 0.15) is 112 Å². The lowest BCUT2D eigenvalue weighted by Gasteiger charge is -2.61. The van der Waals surface area contributed by atoms with Crippen molar-refractivity contribution in [3.05, 3.63) is 0 Å². The summed E-state index contributed by atoms with van der Waals surface area (Å²) >= 11 is 0. The van der Waals surface area contributed by atoms with Gasteiger partial charge in [-0.15, -0.1) is 0 Å². The smallest absolute Gasteiger partial charge is 0.320 e. The van der Waals surface area contributed by atoms with Gasteiger partial charge in [0.25, 0.3) is 0 Å². The quantitative estimate of drug-likeness (QED) is 0.322. The molecule has 8 atom stereocenters. The fourth-order valence-electron chi connectivity index (χ4n) is 9.00. The lowest BCUT2D eigenvalue weighted by molar-refractivity contribution is -0.162. The summed E-state index contributed by atoms with van der Waals surface area (Å²) < 4.78 is 10.4. The first-order valence-corrected chi connectivity index (χ1v) is 14.8. The third-order valence-corrected chi connectivity index (χ3v) is 10.8. The molecule has 0 aromatic carbocycles. The van der Waals surface area contributed by atoms with E-state index in [1.165, 1.54) is 44.9 Å². The number of rotatable bonds is 7. The molecule has 0 amide bonds. The number of aliphatic hydroxyl groups is 1. The van der Waals surface area contributed by atoms with E-state index in [0.29, 0.717) is 29.1 Å². The van der Waals surface area contributed by atoms with Crippen molar-refractivity contribution in [1.82, 2.24) is 0 Å². The Bertz CT molecular complexity index is 704. The van der Waals surface area contributed by atoms with Crippen molar-refractivity contribution in [2.45, 2.75) is 118 Å². The molecular weight excluding hydrogens is 440 g/mol. The molecule has 4 saturated carbocycles. The number of ether oxygens (including phenoxy) is 2. The lowest BCUT2D eigenvalue weighted by Crippen LogP contribution is -2.53. The average molecular weight is 493 g/mol. The summed E-state index contributed by atoms with van der Waals surface area (Å²) in [6.07, 6.45) is 12.2. The Morgan fingerprint density at radius 1 is 0.857 bits per heavy atom. The largest absolute Gasteiger partial charge is 0.465 e. The van der Waals surface area contributed by atoms with Crippen LogP contribution in [0, 0.1) is 46.3 Å². The zero-order valence-corrected chi connectivity index (χ0v) is 23.3. The average Bonchev–Trinajstić information content (AvgIpc) is 3.17. The van der Waals surface area contributed by atoms with E-state index in [2.05, 4.69) is 13.8 Å². The molecule has 202 valence electrons. The number of aliphatic hydroxyl groups excluding tert-OH is 1. The summed E-state index contributed by atoms with van der Waals surface area (Å²) in [7, 11) is 0. The molecule has 0 aliphatic heterocycles. The maximum atomic E-state index is 12.5. The van der Waals surface area contributed by atoms with Crippen molar-refractivity contribution in [3.63, 3.8) is 0 Å². The van der Waals surface area contributed by atoms with Crippen molar-refractivity contribution in [2.75, 3.05) is 13.2 Å². The molecule has 0 radical (unpaired) electrons. The highest BCUT2D eigenvalue weighted by Crippen LogP contribution is 2.67. The van der Waals surface area contributed by atoms with Gasteiger partial charge in [0.2, 0.25) is 0 Å². The van der Waals surface area contributed by atoms with Gasteiger partial charge in [-0.25, -0.2) is 0 Å². The molecule has 5 heteroatoms. The topological polar surface area (TPSA) is 72.8 Å². The molecule has 0 aromatic heterocycles. The van der Waals surface area contributed by atoms with E-state index in [1.54, 1.807) is 13.8 Å². The molecule has 5 nitrogen and oxygen atoms in total. The first-order valence-electron chi connectivity index (χ1n) is 14.8.